The maximum Gasteiger partial charge on any atom is 0.417 e. The summed E-state index contributed by atoms with van der Waals surface area (Å²) in [4.78, 5) is 6.75. The van der Waals surface area contributed by atoms with E-state index in [4.69, 9.17) is 5.26 Å². The van der Waals surface area contributed by atoms with E-state index >= 15 is 0 Å². The van der Waals surface area contributed by atoms with Gasteiger partial charge in [-0.3, -0.25) is 0 Å². The number of aliphatic imine (C=N–C) groups is 1. The summed E-state index contributed by atoms with van der Waals surface area (Å²) in [5, 5.41) is 9.70. The second-order valence-corrected chi connectivity index (χ2v) is 7.53. The Morgan fingerprint density at radius 3 is 2.69 bits per heavy atom. The van der Waals surface area contributed by atoms with Crippen molar-refractivity contribution in [3.63, 3.8) is 0 Å². The molecule has 2 unspecified atom stereocenters. The van der Waals surface area contributed by atoms with Crippen molar-refractivity contribution in [2.24, 2.45) is 10.9 Å². The van der Waals surface area contributed by atoms with Crippen LogP contribution in [-0.4, -0.2) is 28.4 Å². The SMILES string of the molecule is CCCCN1C(=Nc2ccc(C#N)c(C(F)(F)F)c2)SCC1C(C)CC. The zero-order valence-corrected chi connectivity index (χ0v) is 16.1. The Morgan fingerprint density at radius 2 is 2.12 bits per heavy atom. The molecule has 0 N–H and O–H groups in total. The Kier molecular flexibility index (Phi) is 6.99. The van der Waals surface area contributed by atoms with Gasteiger partial charge in [-0.25, -0.2) is 4.99 Å². The molecule has 1 aliphatic heterocycles. The standard InChI is InChI=1S/C19H24F3N3S/c1-4-6-9-25-17(13(3)5-2)12-26-18(25)24-15-8-7-14(11-23)16(10-15)19(20,21)22/h7-8,10,13,17H,4-6,9,12H2,1-3H3. The molecular formula is C19H24F3N3S. The molecule has 2 rings (SSSR count). The van der Waals surface area contributed by atoms with Gasteiger partial charge in [0.1, 0.15) is 0 Å². The predicted molar refractivity (Wildman–Crippen MR) is 101 cm³/mol. The van der Waals surface area contributed by atoms with Crippen LogP contribution in [0.15, 0.2) is 23.2 Å². The molecule has 0 saturated carbocycles. The Bertz CT molecular complexity index is 694. The molecule has 142 valence electrons. The predicted octanol–water partition coefficient (Wildman–Crippen LogP) is 5.83. The van der Waals surface area contributed by atoms with Crippen molar-refractivity contribution in [1.29, 1.82) is 5.26 Å². The lowest BCUT2D eigenvalue weighted by Gasteiger charge is -2.30. The minimum atomic E-state index is -4.56. The van der Waals surface area contributed by atoms with E-state index in [2.05, 4.69) is 30.7 Å². The van der Waals surface area contributed by atoms with Crippen LogP contribution in [0.5, 0.6) is 0 Å². The van der Waals surface area contributed by atoms with E-state index in [-0.39, 0.29) is 11.3 Å². The monoisotopic (exact) mass is 383 g/mol. The zero-order valence-electron chi connectivity index (χ0n) is 15.3. The highest BCUT2D eigenvalue weighted by Crippen LogP contribution is 2.36. The number of unbranched alkanes of at least 4 members (excludes halogenated alkanes) is 1. The van der Waals surface area contributed by atoms with Gasteiger partial charge < -0.3 is 4.90 Å². The van der Waals surface area contributed by atoms with E-state index in [1.807, 2.05) is 0 Å². The third-order valence-electron chi connectivity index (χ3n) is 4.74. The first-order valence-electron chi connectivity index (χ1n) is 8.91. The Morgan fingerprint density at radius 1 is 1.38 bits per heavy atom. The largest absolute Gasteiger partial charge is 0.417 e. The van der Waals surface area contributed by atoms with E-state index < -0.39 is 11.7 Å². The highest BCUT2D eigenvalue weighted by atomic mass is 32.2. The van der Waals surface area contributed by atoms with Crippen molar-refractivity contribution in [3.05, 3.63) is 29.3 Å². The summed E-state index contributed by atoms with van der Waals surface area (Å²) >= 11 is 1.60. The zero-order chi connectivity index (χ0) is 19.3. The van der Waals surface area contributed by atoms with E-state index in [1.165, 1.54) is 12.1 Å². The van der Waals surface area contributed by atoms with Crippen molar-refractivity contribution in [2.45, 2.75) is 52.3 Å². The molecule has 1 aromatic rings. The number of thioether (sulfide) groups is 1. The molecule has 2 atom stereocenters. The first-order valence-corrected chi connectivity index (χ1v) is 9.89. The lowest BCUT2D eigenvalue weighted by molar-refractivity contribution is -0.137. The fraction of sp³-hybridized carbons (Fsp3) is 0.579. The van der Waals surface area contributed by atoms with Gasteiger partial charge in [-0.15, -0.1) is 0 Å². The maximum atomic E-state index is 13.2. The number of hydrogen-bond acceptors (Lipinski definition) is 3. The molecule has 1 aromatic carbocycles. The molecule has 1 heterocycles. The first-order chi connectivity index (χ1) is 12.3. The summed E-state index contributed by atoms with van der Waals surface area (Å²) in [6.07, 6.45) is -1.44. The number of amidine groups is 1. The van der Waals surface area contributed by atoms with Crippen LogP contribution in [0, 0.1) is 17.2 Å². The molecule has 1 saturated heterocycles. The van der Waals surface area contributed by atoms with Crippen LogP contribution < -0.4 is 0 Å². The van der Waals surface area contributed by atoms with Crippen LogP contribution in [0.4, 0.5) is 18.9 Å². The topological polar surface area (TPSA) is 39.4 Å². The summed E-state index contributed by atoms with van der Waals surface area (Å²) in [6.45, 7) is 7.34. The maximum absolute atomic E-state index is 13.2. The molecule has 1 fully saturated rings. The van der Waals surface area contributed by atoms with E-state index in [0.717, 1.165) is 42.8 Å². The second-order valence-electron chi connectivity index (χ2n) is 6.54. The Hall–Kier alpha value is -1.68. The fourth-order valence-corrected chi connectivity index (χ4v) is 4.34. The first kappa shape index (κ1) is 20.6. The van der Waals surface area contributed by atoms with Crippen LogP contribution in [0.1, 0.15) is 51.2 Å². The molecule has 1 aliphatic rings. The Labute approximate surface area is 157 Å². The van der Waals surface area contributed by atoms with Crippen LogP contribution in [0.2, 0.25) is 0 Å². The van der Waals surface area contributed by atoms with Crippen LogP contribution in [0.3, 0.4) is 0 Å². The van der Waals surface area contributed by atoms with Crippen LogP contribution in [0.25, 0.3) is 0 Å². The van der Waals surface area contributed by atoms with Gasteiger partial charge >= 0.3 is 6.18 Å². The van der Waals surface area contributed by atoms with Crippen LogP contribution >= 0.6 is 11.8 Å². The van der Waals surface area contributed by atoms with Crippen molar-refractivity contribution in [2.75, 3.05) is 12.3 Å². The number of hydrogen-bond donors (Lipinski definition) is 0. The van der Waals surface area contributed by atoms with Crippen molar-refractivity contribution in [1.82, 2.24) is 4.90 Å². The van der Waals surface area contributed by atoms with Gasteiger partial charge in [0.2, 0.25) is 0 Å². The molecule has 0 aliphatic carbocycles. The number of alkyl halides is 3. The normalized spacial score (nSPS) is 20.4. The lowest BCUT2D eigenvalue weighted by Crippen LogP contribution is -2.38. The molecule has 0 radical (unpaired) electrons. The number of nitriles is 1. The van der Waals surface area contributed by atoms with Gasteiger partial charge in [-0.1, -0.05) is 45.4 Å². The number of rotatable bonds is 6. The summed E-state index contributed by atoms with van der Waals surface area (Å²) in [7, 11) is 0. The summed E-state index contributed by atoms with van der Waals surface area (Å²) < 4.78 is 39.5. The van der Waals surface area contributed by atoms with Gasteiger partial charge in [0.15, 0.2) is 5.17 Å². The average Bonchev–Trinajstić information content (AvgIpc) is 3.00. The average molecular weight is 383 g/mol. The van der Waals surface area contributed by atoms with Crippen molar-refractivity contribution < 1.29 is 13.2 Å². The van der Waals surface area contributed by atoms with E-state index in [9.17, 15) is 13.2 Å². The molecule has 7 heteroatoms. The van der Waals surface area contributed by atoms with Gasteiger partial charge in [0, 0.05) is 18.3 Å². The minimum absolute atomic E-state index is 0.241. The molecule has 26 heavy (non-hydrogen) atoms. The third kappa shape index (κ3) is 4.73. The molecule has 3 nitrogen and oxygen atoms in total. The van der Waals surface area contributed by atoms with Crippen LogP contribution in [-0.2, 0) is 6.18 Å². The molecular weight excluding hydrogens is 359 g/mol. The lowest BCUT2D eigenvalue weighted by atomic mass is 9.99. The second kappa shape index (κ2) is 8.81. The summed E-state index contributed by atoms with van der Waals surface area (Å²) in [5.41, 5.74) is -1.06. The Balaban J connectivity index is 2.36. The highest BCUT2D eigenvalue weighted by Gasteiger charge is 2.35. The number of nitrogens with zero attached hydrogens (tertiary/aromatic N) is 3. The number of halogens is 3. The quantitative estimate of drug-likeness (QED) is 0.620. The number of benzene rings is 1. The van der Waals surface area contributed by atoms with Crippen molar-refractivity contribution >= 4 is 22.6 Å². The fourth-order valence-electron chi connectivity index (χ4n) is 2.95. The van der Waals surface area contributed by atoms with Gasteiger partial charge in [-0.2, -0.15) is 18.4 Å². The molecule has 0 amide bonds. The van der Waals surface area contributed by atoms with Crippen molar-refractivity contribution in [3.8, 4) is 6.07 Å². The minimum Gasteiger partial charge on any atom is -0.347 e. The van der Waals surface area contributed by atoms with Gasteiger partial charge in [0.05, 0.1) is 22.9 Å². The smallest absolute Gasteiger partial charge is 0.347 e. The molecule has 0 spiro atoms. The van der Waals surface area contributed by atoms with E-state index in [1.54, 1.807) is 17.8 Å². The summed E-state index contributed by atoms with van der Waals surface area (Å²) in [5.74, 6) is 1.40. The third-order valence-corrected chi connectivity index (χ3v) is 5.83. The highest BCUT2D eigenvalue weighted by molar-refractivity contribution is 8.14. The molecule has 0 aromatic heterocycles. The van der Waals surface area contributed by atoms with Gasteiger partial charge in [0.25, 0.3) is 0 Å². The molecule has 0 bridgehead atoms. The van der Waals surface area contributed by atoms with Gasteiger partial charge in [-0.05, 0) is 30.5 Å². The summed E-state index contributed by atoms with van der Waals surface area (Å²) in [6, 6.07) is 5.62. The van der Waals surface area contributed by atoms with E-state index in [0.29, 0.717) is 12.0 Å².